The molecule has 2 aromatic heterocycles. The van der Waals surface area contributed by atoms with E-state index < -0.39 is 0 Å². The first-order valence-corrected chi connectivity index (χ1v) is 5.61. The lowest BCUT2D eigenvalue weighted by atomic mass is 10.1. The zero-order chi connectivity index (χ0) is 11.7. The third-order valence-corrected chi connectivity index (χ3v) is 2.88. The van der Waals surface area contributed by atoms with Gasteiger partial charge in [-0.15, -0.1) is 0 Å². The molecule has 3 nitrogen and oxygen atoms in total. The van der Waals surface area contributed by atoms with Gasteiger partial charge in [0.25, 0.3) is 0 Å². The summed E-state index contributed by atoms with van der Waals surface area (Å²) < 4.78 is 1.77. The van der Waals surface area contributed by atoms with E-state index >= 15 is 0 Å². The van der Waals surface area contributed by atoms with Crippen molar-refractivity contribution in [3.8, 4) is 11.4 Å². The minimum Gasteiger partial charge on any atom is -0.266 e. The van der Waals surface area contributed by atoms with Crippen LogP contribution in [0.3, 0.4) is 0 Å². The molecule has 0 amide bonds. The van der Waals surface area contributed by atoms with E-state index in [-0.39, 0.29) is 0 Å². The van der Waals surface area contributed by atoms with E-state index in [0.717, 1.165) is 17.0 Å². The van der Waals surface area contributed by atoms with Gasteiger partial charge >= 0.3 is 0 Å². The molecule has 2 aromatic rings. The quantitative estimate of drug-likeness (QED) is 0.800. The van der Waals surface area contributed by atoms with Gasteiger partial charge in [-0.1, -0.05) is 25.4 Å². The van der Waals surface area contributed by atoms with E-state index in [1.54, 1.807) is 10.9 Å². The van der Waals surface area contributed by atoms with E-state index in [1.165, 1.54) is 0 Å². The summed E-state index contributed by atoms with van der Waals surface area (Å²) in [6.07, 6.45) is 3.61. The maximum atomic E-state index is 6.23. The summed E-state index contributed by atoms with van der Waals surface area (Å²) in [4.78, 5) is 4.41. The van der Waals surface area contributed by atoms with Crippen molar-refractivity contribution in [1.82, 2.24) is 14.8 Å². The Hall–Kier alpha value is -1.35. The molecular formula is C12H14ClN3. The highest BCUT2D eigenvalue weighted by Gasteiger charge is 2.10. The molecule has 0 saturated heterocycles. The predicted molar refractivity (Wildman–Crippen MR) is 65.5 cm³/mol. The van der Waals surface area contributed by atoms with Gasteiger partial charge in [-0.25, -0.2) is 0 Å². The highest BCUT2D eigenvalue weighted by atomic mass is 35.5. The van der Waals surface area contributed by atoms with E-state index in [4.69, 9.17) is 11.6 Å². The standard InChI is InChI=1S/C12H14ClN3/c1-8(2)9-6-10(13)12(14-7-9)11-4-5-15-16(11)3/h4-8H,1-3H3. The zero-order valence-corrected chi connectivity index (χ0v) is 10.4. The van der Waals surface area contributed by atoms with Gasteiger partial charge in [0.2, 0.25) is 0 Å². The number of hydrogen-bond acceptors (Lipinski definition) is 2. The van der Waals surface area contributed by atoms with Gasteiger partial charge in [-0.05, 0) is 23.6 Å². The lowest BCUT2D eigenvalue weighted by Gasteiger charge is -2.08. The Labute approximate surface area is 100 Å². The number of hydrogen-bond donors (Lipinski definition) is 0. The van der Waals surface area contributed by atoms with Gasteiger partial charge < -0.3 is 0 Å². The van der Waals surface area contributed by atoms with E-state index in [9.17, 15) is 0 Å². The average molecular weight is 236 g/mol. The average Bonchev–Trinajstić information content (AvgIpc) is 2.64. The van der Waals surface area contributed by atoms with E-state index in [1.807, 2.05) is 25.4 Å². The molecule has 0 aliphatic rings. The maximum Gasteiger partial charge on any atom is 0.107 e. The van der Waals surface area contributed by atoms with Crippen molar-refractivity contribution in [2.45, 2.75) is 19.8 Å². The molecular weight excluding hydrogens is 222 g/mol. The van der Waals surface area contributed by atoms with Crippen molar-refractivity contribution in [2.75, 3.05) is 0 Å². The molecule has 0 fully saturated rings. The molecule has 0 saturated carbocycles. The Balaban J connectivity index is 2.48. The number of rotatable bonds is 2. The summed E-state index contributed by atoms with van der Waals surface area (Å²) in [5, 5.41) is 4.79. The van der Waals surface area contributed by atoms with Crippen molar-refractivity contribution in [1.29, 1.82) is 0 Å². The van der Waals surface area contributed by atoms with E-state index in [0.29, 0.717) is 10.9 Å². The smallest absolute Gasteiger partial charge is 0.107 e. The number of halogens is 1. The predicted octanol–water partition coefficient (Wildman–Crippen LogP) is 3.26. The first-order chi connectivity index (χ1) is 7.59. The largest absolute Gasteiger partial charge is 0.266 e. The molecule has 2 heterocycles. The number of pyridine rings is 1. The third kappa shape index (κ3) is 1.95. The van der Waals surface area contributed by atoms with Gasteiger partial charge in [-0.3, -0.25) is 9.67 Å². The highest BCUT2D eigenvalue weighted by molar-refractivity contribution is 6.33. The fourth-order valence-electron chi connectivity index (χ4n) is 1.56. The van der Waals surface area contributed by atoms with Crippen LogP contribution in [0.4, 0.5) is 0 Å². The van der Waals surface area contributed by atoms with Gasteiger partial charge in [0.05, 0.1) is 10.7 Å². The van der Waals surface area contributed by atoms with Crippen LogP contribution >= 0.6 is 11.6 Å². The molecule has 2 rings (SSSR count). The zero-order valence-electron chi connectivity index (χ0n) is 9.61. The van der Waals surface area contributed by atoms with Gasteiger partial charge in [0, 0.05) is 19.4 Å². The summed E-state index contributed by atoms with van der Waals surface area (Å²) in [5.41, 5.74) is 2.86. The van der Waals surface area contributed by atoms with Crippen LogP contribution < -0.4 is 0 Å². The summed E-state index contributed by atoms with van der Waals surface area (Å²) in [6.45, 7) is 4.24. The number of aryl methyl sites for hydroxylation is 1. The molecule has 0 atom stereocenters. The molecule has 0 aliphatic carbocycles. The lowest BCUT2D eigenvalue weighted by molar-refractivity contribution is 0.772. The van der Waals surface area contributed by atoms with Crippen LogP contribution in [-0.4, -0.2) is 14.8 Å². The molecule has 4 heteroatoms. The van der Waals surface area contributed by atoms with E-state index in [2.05, 4.69) is 23.9 Å². The first-order valence-electron chi connectivity index (χ1n) is 5.23. The summed E-state index contributed by atoms with van der Waals surface area (Å²) in [7, 11) is 1.88. The van der Waals surface area contributed by atoms with Gasteiger partial charge in [-0.2, -0.15) is 5.10 Å². The highest BCUT2D eigenvalue weighted by Crippen LogP contribution is 2.27. The molecule has 0 unspecified atom stereocenters. The Bertz CT molecular complexity index is 503. The minimum absolute atomic E-state index is 0.436. The second kappa shape index (κ2) is 4.26. The Kier molecular flexibility index (Phi) is 2.97. The Morgan fingerprint density at radius 1 is 1.38 bits per heavy atom. The topological polar surface area (TPSA) is 30.7 Å². The van der Waals surface area contributed by atoms with Crippen LogP contribution in [0.1, 0.15) is 25.3 Å². The van der Waals surface area contributed by atoms with Crippen LogP contribution in [0.5, 0.6) is 0 Å². The number of nitrogens with zero attached hydrogens (tertiary/aromatic N) is 3. The van der Waals surface area contributed by atoms with Crippen LogP contribution in [0.2, 0.25) is 5.02 Å². The van der Waals surface area contributed by atoms with Gasteiger partial charge in [0.15, 0.2) is 0 Å². The van der Waals surface area contributed by atoms with Crippen LogP contribution in [-0.2, 0) is 7.05 Å². The summed E-state index contributed by atoms with van der Waals surface area (Å²) in [6, 6.07) is 3.88. The molecule has 84 valence electrons. The van der Waals surface area contributed by atoms with Crippen molar-refractivity contribution >= 4 is 11.6 Å². The normalized spacial score (nSPS) is 11.1. The number of aromatic nitrogens is 3. The first kappa shape index (κ1) is 11.1. The van der Waals surface area contributed by atoms with Crippen molar-refractivity contribution in [3.63, 3.8) is 0 Å². The Morgan fingerprint density at radius 3 is 2.62 bits per heavy atom. The SMILES string of the molecule is CC(C)c1cnc(-c2ccnn2C)c(Cl)c1. The second-order valence-corrected chi connectivity index (χ2v) is 4.50. The van der Waals surface area contributed by atoms with Crippen molar-refractivity contribution < 1.29 is 0 Å². The fourth-order valence-corrected chi connectivity index (χ4v) is 1.83. The van der Waals surface area contributed by atoms with Crippen LogP contribution in [0.25, 0.3) is 11.4 Å². The molecule has 0 radical (unpaired) electrons. The maximum absolute atomic E-state index is 6.23. The Morgan fingerprint density at radius 2 is 2.12 bits per heavy atom. The lowest BCUT2D eigenvalue weighted by Crippen LogP contribution is -1.97. The minimum atomic E-state index is 0.436. The van der Waals surface area contributed by atoms with Crippen molar-refractivity contribution in [2.24, 2.45) is 7.05 Å². The molecule has 0 bridgehead atoms. The summed E-state index contributed by atoms with van der Waals surface area (Å²) in [5.74, 6) is 0.436. The molecule has 0 spiro atoms. The summed E-state index contributed by atoms with van der Waals surface area (Å²) >= 11 is 6.23. The fraction of sp³-hybridized carbons (Fsp3) is 0.333. The van der Waals surface area contributed by atoms with Crippen LogP contribution in [0.15, 0.2) is 24.5 Å². The molecule has 0 aromatic carbocycles. The molecule has 0 aliphatic heterocycles. The third-order valence-electron chi connectivity index (χ3n) is 2.59. The second-order valence-electron chi connectivity index (χ2n) is 4.09. The van der Waals surface area contributed by atoms with Gasteiger partial charge in [0.1, 0.15) is 5.69 Å². The van der Waals surface area contributed by atoms with Crippen LogP contribution in [0, 0.1) is 0 Å². The molecule has 16 heavy (non-hydrogen) atoms. The molecule has 0 N–H and O–H groups in total. The monoisotopic (exact) mass is 235 g/mol. The van der Waals surface area contributed by atoms with Crippen molar-refractivity contribution in [3.05, 3.63) is 35.1 Å².